The monoisotopic (exact) mass is 255 g/mol. The number of rotatable bonds is 3. The summed E-state index contributed by atoms with van der Waals surface area (Å²) >= 11 is 0. The molecule has 1 rings (SSSR count). The number of esters is 1. The van der Waals surface area contributed by atoms with Crippen molar-refractivity contribution < 1.29 is 19.1 Å². The Morgan fingerprint density at radius 1 is 1.39 bits per heavy atom. The third kappa shape index (κ3) is 3.82. The van der Waals surface area contributed by atoms with Gasteiger partial charge in [0.1, 0.15) is 11.5 Å². The second-order valence-electron chi connectivity index (χ2n) is 5.68. The number of carbonyl (C=O) groups is 3. The predicted molar refractivity (Wildman–Crippen MR) is 65.5 cm³/mol. The molecule has 0 bridgehead atoms. The predicted octanol–water partition coefficient (Wildman–Crippen LogP) is 1.41. The first-order valence-corrected chi connectivity index (χ1v) is 6.31. The van der Waals surface area contributed by atoms with Crippen molar-refractivity contribution in [3.05, 3.63) is 0 Å². The number of ether oxygens (including phenoxy) is 1. The fraction of sp³-hybridized carbons (Fsp3) is 0.769. The van der Waals surface area contributed by atoms with Crippen LogP contribution in [0.25, 0.3) is 0 Å². The van der Waals surface area contributed by atoms with Gasteiger partial charge in [0, 0.05) is 6.42 Å². The smallest absolute Gasteiger partial charge is 0.319 e. The maximum absolute atomic E-state index is 12.0. The molecule has 0 saturated carbocycles. The lowest BCUT2D eigenvalue weighted by Gasteiger charge is -2.30. The molecule has 18 heavy (non-hydrogen) atoms. The zero-order valence-electron chi connectivity index (χ0n) is 11.4. The topological polar surface area (TPSA) is 72.5 Å². The minimum absolute atomic E-state index is 0.212. The Labute approximate surface area is 107 Å². The van der Waals surface area contributed by atoms with Gasteiger partial charge in [0.2, 0.25) is 11.8 Å². The van der Waals surface area contributed by atoms with E-state index in [0.717, 1.165) is 6.42 Å². The Morgan fingerprint density at radius 3 is 2.50 bits per heavy atom. The summed E-state index contributed by atoms with van der Waals surface area (Å²) in [5.74, 6) is -2.48. The second kappa shape index (κ2) is 5.50. The van der Waals surface area contributed by atoms with E-state index in [4.69, 9.17) is 4.74 Å². The standard InChI is InChI=1S/C13H21NO4/c1-5-6-8-7-9(15)14-11(16)10(8)12(17)18-13(2,3)4/h8,10H,5-7H2,1-4H3,(H,14,15,16)/t8-,10-/m1/s1. The van der Waals surface area contributed by atoms with E-state index in [9.17, 15) is 14.4 Å². The zero-order chi connectivity index (χ0) is 13.9. The van der Waals surface area contributed by atoms with Gasteiger partial charge in [0.05, 0.1) is 0 Å². The van der Waals surface area contributed by atoms with E-state index in [1.807, 2.05) is 6.92 Å². The van der Waals surface area contributed by atoms with Crippen LogP contribution in [0.3, 0.4) is 0 Å². The second-order valence-corrected chi connectivity index (χ2v) is 5.68. The van der Waals surface area contributed by atoms with Crippen molar-refractivity contribution in [3.8, 4) is 0 Å². The molecular formula is C13H21NO4. The largest absolute Gasteiger partial charge is 0.459 e. The summed E-state index contributed by atoms with van der Waals surface area (Å²) in [5.41, 5.74) is -0.629. The van der Waals surface area contributed by atoms with Crippen LogP contribution in [0.15, 0.2) is 0 Å². The SMILES string of the molecule is CCC[C@@H]1CC(=O)NC(=O)[C@@H]1C(=O)OC(C)(C)C. The summed E-state index contributed by atoms with van der Waals surface area (Å²) < 4.78 is 5.25. The molecule has 102 valence electrons. The van der Waals surface area contributed by atoms with Crippen molar-refractivity contribution in [2.24, 2.45) is 11.8 Å². The highest BCUT2D eigenvalue weighted by molar-refractivity contribution is 6.07. The third-order valence-electron chi connectivity index (χ3n) is 2.78. The van der Waals surface area contributed by atoms with E-state index in [-0.39, 0.29) is 18.2 Å². The first-order valence-electron chi connectivity index (χ1n) is 6.31. The molecule has 1 fully saturated rings. The van der Waals surface area contributed by atoms with E-state index in [0.29, 0.717) is 6.42 Å². The number of imide groups is 1. The molecule has 1 aliphatic rings. The van der Waals surface area contributed by atoms with Crippen LogP contribution in [-0.2, 0) is 19.1 Å². The van der Waals surface area contributed by atoms with Gasteiger partial charge in [-0.3, -0.25) is 19.7 Å². The third-order valence-corrected chi connectivity index (χ3v) is 2.78. The van der Waals surface area contributed by atoms with Gasteiger partial charge in [-0.1, -0.05) is 13.3 Å². The van der Waals surface area contributed by atoms with Gasteiger partial charge in [0.25, 0.3) is 0 Å². The van der Waals surface area contributed by atoms with Crippen LogP contribution in [0.1, 0.15) is 47.0 Å². The van der Waals surface area contributed by atoms with E-state index in [1.54, 1.807) is 20.8 Å². The fourth-order valence-electron chi connectivity index (χ4n) is 2.14. The molecule has 1 aliphatic heterocycles. The van der Waals surface area contributed by atoms with Gasteiger partial charge >= 0.3 is 5.97 Å². The molecule has 1 saturated heterocycles. The summed E-state index contributed by atoms with van der Waals surface area (Å²) in [6, 6.07) is 0. The molecule has 0 unspecified atom stereocenters. The Hall–Kier alpha value is -1.39. The van der Waals surface area contributed by atoms with Gasteiger partial charge in [-0.25, -0.2) is 0 Å². The molecule has 0 aromatic carbocycles. The van der Waals surface area contributed by atoms with Gasteiger partial charge in [-0.15, -0.1) is 0 Å². The number of hydrogen-bond donors (Lipinski definition) is 1. The van der Waals surface area contributed by atoms with Gasteiger partial charge in [-0.2, -0.15) is 0 Å². The zero-order valence-corrected chi connectivity index (χ0v) is 11.4. The minimum Gasteiger partial charge on any atom is -0.459 e. The highest BCUT2D eigenvalue weighted by Gasteiger charge is 2.42. The lowest BCUT2D eigenvalue weighted by molar-refractivity contribution is -0.166. The molecule has 0 aromatic rings. The van der Waals surface area contributed by atoms with E-state index < -0.39 is 23.4 Å². The lowest BCUT2D eigenvalue weighted by atomic mass is 9.82. The Morgan fingerprint density at radius 2 is 2.00 bits per heavy atom. The van der Waals surface area contributed by atoms with Crippen molar-refractivity contribution in [1.82, 2.24) is 5.32 Å². The number of nitrogens with one attached hydrogen (secondary N) is 1. The molecule has 0 spiro atoms. The maximum Gasteiger partial charge on any atom is 0.319 e. The highest BCUT2D eigenvalue weighted by atomic mass is 16.6. The fourth-order valence-corrected chi connectivity index (χ4v) is 2.14. The van der Waals surface area contributed by atoms with Crippen LogP contribution in [0.2, 0.25) is 0 Å². The molecule has 2 amide bonds. The summed E-state index contributed by atoms with van der Waals surface area (Å²) in [6.07, 6.45) is 1.71. The number of hydrogen-bond acceptors (Lipinski definition) is 4. The van der Waals surface area contributed by atoms with Gasteiger partial charge in [0.15, 0.2) is 0 Å². The molecule has 1 N–H and O–H groups in total. The van der Waals surface area contributed by atoms with Gasteiger partial charge in [-0.05, 0) is 33.1 Å². The molecule has 5 heteroatoms. The minimum atomic E-state index is -0.859. The van der Waals surface area contributed by atoms with Crippen LogP contribution in [-0.4, -0.2) is 23.4 Å². The van der Waals surface area contributed by atoms with Crippen molar-refractivity contribution in [3.63, 3.8) is 0 Å². The van der Waals surface area contributed by atoms with Crippen molar-refractivity contribution in [2.45, 2.75) is 52.6 Å². The van der Waals surface area contributed by atoms with E-state index in [1.165, 1.54) is 0 Å². The summed E-state index contributed by atoms with van der Waals surface area (Å²) in [7, 11) is 0. The molecular weight excluding hydrogens is 234 g/mol. The van der Waals surface area contributed by atoms with Crippen LogP contribution in [0.4, 0.5) is 0 Å². The summed E-state index contributed by atoms with van der Waals surface area (Å²) in [6.45, 7) is 7.23. The molecule has 0 aromatic heterocycles. The summed E-state index contributed by atoms with van der Waals surface area (Å²) in [5, 5.41) is 2.21. The van der Waals surface area contributed by atoms with E-state index in [2.05, 4.69) is 5.32 Å². The van der Waals surface area contributed by atoms with Crippen molar-refractivity contribution in [1.29, 1.82) is 0 Å². The van der Waals surface area contributed by atoms with Crippen LogP contribution >= 0.6 is 0 Å². The quantitative estimate of drug-likeness (QED) is 0.470. The van der Waals surface area contributed by atoms with Crippen LogP contribution < -0.4 is 5.32 Å². The Kier molecular flexibility index (Phi) is 4.48. The summed E-state index contributed by atoms with van der Waals surface area (Å²) in [4.78, 5) is 35.1. The number of amides is 2. The van der Waals surface area contributed by atoms with Crippen LogP contribution in [0, 0.1) is 11.8 Å². The molecule has 2 atom stereocenters. The maximum atomic E-state index is 12.0. The molecule has 0 aliphatic carbocycles. The van der Waals surface area contributed by atoms with E-state index >= 15 is 0 Å². The Balaban J connectivity index is 2.84. The molecule has 0 radical (unpaired) electrons. The lowest BCUT2D eigenvalue weighted by Crippen LogP contribution is -2.50. The van der Waals surface area contributed by atoms with Crippen molar-refractivity contribution in [2.75, 3.05) is 0 Å². The first-order chi connectivity index (χ1) is 8.24. The van der Waals surface area contributed by atoms with Crippen LogP contribution in [0.5, 0.6) is 0 Å². The first kappa shape index (κ1) is 14.7. The molecule has 5 nitrogen and oxygen atoms in total. The number of carbonyl (C=O) groups excluding carboxylic acids is 3. The molecule has 1 heterocycles. The van der Waals surface area contributed by atoms with Gasteiger partial charge < -0.3 is 4.74 Å². The average molecular weight is 255 g/mol. The Bertz CT molecular complexity index is 356. The number of piperidine rings is 1. The van der Waals surface area contributed by atoms with Crippen molar-refractivity contribution >= 4 is 17.8 Å². The highest BCUT2D eigenvalue weighted by Crippen LogP contribution is 2.28. The normalized spacial score (nSPS) is 24.7. The average Bonchev–Trinajstić information content (AvgIpc) is 2.13.